The summed E-state index contributed by atoms with van der Waals surface area (Å²) >= 11 is 1.11. The van der Waals surface area contributed by atoms with Gasteiger partial charge in [0.2, 0.25) is 0 Å². The third-order valence-electron chi connectivity index (χ3n) is 1.14. The van der Waals surface area contributed by atoms with Crippen molar-refractivity contribution in [2.45, 2.75) is 0 Å². The lowest BCUT2D eigenvalue weighted by Gasteiger charge is -2.16. The molecule has 0 aromatic rings. The summed E-state index contributed by atoms with van der Waals surface area (Å²) in [4.78, 5) is 0.585. The summed E-state index contributed by atoms with van der Waals surface area (Å²) in [6.45, 7) is -2.70. The van der Waals surface area contributed by atoms with Gasteiger partial charge in [0.05, 0.1) is 0 Å². The second kappa shape index (κ2) is 2.94. The molecule has 0 aliphatic carbocycles. The monoisotopic (exact) mass is 189 g/mol. The molecular weight excluding hydrogens is 181 g/mol. The van der Waals surface area contributed by atoms with Crippen molar-refractivity contribution in [1.82, 2.24) is 4.67 Å². The van der Waals surface area contributed by atoms with Gasteiger partial charge in [0.15, 0.2) is 0 Å². The molecule has 0 saturated heterocycles. The summed E-state index contributed by atoms with van der Waals surface area (Å²) in [6.07, 6.45) is 6.46. The van der Waals surface area contributed by atoms with Crippen molar-refractivity contribution in [3.8, 4) is 12.3 Å². The zero-order chi connectivity index (χ0) is 8.48. The van der Waals surface area contributed by atoms with Crippen molar-refractivity contribution in [2.24, 2.45) is 0 Å². The number of terminal acetylenes is 1. The SMILES string of the molecule is C#CC1=COP(=O)(N(C)C)S1. The predicted molar refractivity (Wildman–Crippen MR) is 46.9 cm³/mol. The van der Waals surface area contributed by atoms with Gasteiger partial charge >= 0.3 is 6.72 Å². The van der Waals surface area contributed by atoms with Gasteiger partial charge < -0.3 is 4.52 Å². The summed E-state index contributed by atoms with van der Waals surface area (Å²) in [5.41, 5.74) is 0. The Morgan fingerprint density at radius 1 is 1.82 bits per heavy atom. The van der Waals surface area contributed by atoms with Gasteiger partial charge in [-0.2, -0.15) is 0 Å². The smallest absolute Gasteiger partial charge is 0.381 e. The quantitative estimate of drug-likeness (QED) is 0.465. The minimum absolute atomic E-state index is 0.585. The average molecular weight is 189 g/mol. The first kappa shape index (κ1) is 8.73. The highest BCUT2D eigenvalue weighted by molar-refractivity contribution is 8.58. The van der Waals surface area contributed by atoms with Crippen molar-refractivity contribution in [2.75, 3.05) is 14.1 Å². The Bertz CT molecular complexity index is 279. The Hall–Kier alpha value is -0.360. The van der Waals surface area contributed by atoms with Crippen LogP contribution in [-0.2, 0) is 9.09 Å². The summed E-state index contributed by atoms with van der Waals surface area (Å²) < 4.78 is 18.1. The van der Waals surface area contributed by atoms with Crippen LogP contribution in [0, 0.1) is 12.3 Å². The van der Waals surface area contributed by atoms with Crippen molar-refractivity contribution >= 4 is 18.1 Å². The molecule has 1 heterocycles. The van der Waals surface area contributed by atoms with Crippen LogP contribution in [0.2, 0.25) is 0 Å². The number of nitrogens with zero attached hydrogens (tertiary/aromatic N) is 1. The lowest BCUT2D eigenvalue weighted by atomic mass is 10.6. The van der Waals surface area contributed by atoms with E-state index < -0.39 is 6.72 Å². The van der Waals surface area contributed by atoms with E-state index in [1.54, 1.807) is 18.8 Å². The Balaban J connectivity index is 2.75. The molecule has 1 aliphatic rings. The summed E-state index contributed by atoms with van der Waals surface area (Å²) in [5, 5.41) is 0. The fourth-order valence-electron chi connectivity index (χ4n) is 0.518. The molecule has 0 saturated carbocycles. The summed E-state index contributed by atoms with van der Waals surface area (Å²) in [6, 6.07) is 0. The van der Waals surface area contributed by atoms with Crippen LogP contribution in [0.5, 0.6) is 0 Å². The van der Waals surface area contributed by atoms with E-state index >= 15 is 0 Å². The molecule has 11 heavy (non-hydrogen) atoms. The molecular formula is C6H8NO2PS. The van der Waals surface area contributed by atoms with Crippen molar-refractivity contribution < 1.29 is 9.09 Å². The van der Waals surface area contributed by atoms with E-state index in [0.29, 0.717) is 4.91 Å². The Morgan fingerprint density at radius 2 is 2.45 bits per heavy atom. The highest BCUT2D eigenvalue weighted by atomic mass is 32.7. The average Bonchev–Trinajstić information content (AvgIpc) is 2.33. The number of hydrogen-bond donors (Lipinski definition) is 0. The van der Waals surface area contributed by atoms with Crippen LogP contribution in [-0.4, -0.2) is 18.8 Å². The van der Waals surface area contributed by atoms with E-state index in [2.05, 4.69) is 5.92 Å². The van der Waals surface area contributed by atoms with Crippen LogP contribution in [0.25, 0.3) is 0 Å². The third-order valence-corrected chi connectivity index (χ3v) is 5.65. The number of rotatable bonds is 1. The highest BCUT2D eigenvalue weighted by Gasteiger charge is 2.33. The van der Waals surface area contributed by atoms with Crippen LogP contribution in [0.15, 0.2) is 11.2 Å². The maximum absolute atomic E-state index is 11.6. The maximum Gasteiger partial charge on any atom is 0.381 e. The van der Waals surface area contributed by atoms with Gasteiger partial charge in [-0.25, -0.2) is 9.24 Å². The van der Waals surface area contributed by atoms with Crippen molar-refractivity contribution in [3.63, 3.8) is 0 Å². The molecule has 1 atom stereocenters. The lowest BCUT2D eigenvalue weighted by molar-refractivity contribution is 0.405. The zero-order valence-electron chi connectivity index (χ0n) is 6.27. The molecule has 0 spiro atoms. The fraction of sp³-hybridized carbons (Fsp3) is 0.333. The molecule has 5 heteroatoms. The first-order valence-corrected chi connectivity index (χ1v) is 5.91. The highest BCUT2D eigenvalue weighted by Crippen LogP contribution is 2.67. The maximum atomic E-state index is 11.6. The normalized spacial score (nSPS) is 29.5. The molecule has 0 fully saturated rings. The fourth-order valence-corrected chi connectivity index (χ4v) is 3.40. The number of allylic oxidation sites excluding steroid dienone is 1. The molecule has 0 aromatic carbocycles. The second-order valence-electron chi connectivity index (χ2n) is 2.14. The van der Waals surface area contributed by atoms with Gasteiger partial charge in [0, 0.05) is 11.4 Å². The van der Waals surface area contributed by atoms with E-state index in [9.17, 15) is 4.57 Å². The standard InChI is InChI=1S/C6H8NO2PS/c1-4-6-5-9-10(8,11-6)7(2)3/h1,5H,2-3H3. The summed E-state index contributed by atoms with van der Waals surface area (Å²) in [7, 11) is 3.39. The van der Waals surface area contributed by atoms with Gasteiger partial charge in [-0.05, 0) is 14.1 Å². The minimum atomic E-state index is -2.70. The molecule has 3 nitrogen and oxygen atoms in total. The van der Waals surface area contributed by atoms with Gasteiger partial charge in [-0.1, -0.05) is 5.92 Å². The van der Waals surface area contributed by atoms with E-state index in [1.165, 1.54) is 6.26 Å². The molecule has 0 bridgehead atoms. The number of hydrogen-bond acceptors (Lipinski definition) is 3. The van der Waals surface area contributed by atoms with E-state index in [0.717, 1.165) is 11.4 Å². The minimum Gasteiger partial charge on any atom is -0.431 e. The van der Waals surface area contributed by atoms with Gasteiger partial charge in [-0.15, -0.1) is 6.42 Å². The van der Waals surface area contributed by atoms with Gasteiger partial charge in [0.1, 0.15) is 11.2 Å². The molecule has 1 rings (SSSR count). The first-order valence-electron chi connectivity index (χ1n) is 2.91. The van der Waals surface area contributed by atoms with Crippen LogP contribution >= 0.6 is 18.1 Å². The topological polar surface area (TPSA) is 29.5 Å². The largest absolute Gasteiger partial charge is 0.431 e. The molecule has 1 aliphatic heterocycles. The molecule has 60 valence electrons. The van der Waals surface area contributed by atoms with E-state index in [-0.39, 0.29) is 0 Å². The van der Waals surface area contributed by atoms with Crippen LogP contribution < -0.4 is 0 Å². The van der Waals surface area contributed by atoms with Crippen molar-refractivity contribution in [3.05, 3.63) is 11.2 Å². The van der Waals surface area contributed by atoms with Crippen LogP contribution in [0.3, 0.4) is 0 Å². The summed E-state index contributed by atoms with van der Waals surface area (Å²) in [5.74, 6) is 2.37. The van der Waals surface area contributed by atoms with Gasteiger partial charge in [0.25, 0.3) is 0 Å². The Morgan fingerprint density at radius 3 is 2.73 bits per heavy atom. The lowest BCUT2D eigenvalue weighted by Crippen LogP contribution is -2.04. The molecule has 0 aromatic heterocycles. The first-order chi connectivity index (χ1) is 5.08. The molecule has 0 radical (unpaired) electrons. The van der Waals surface area contributed by atoms with Crippen molar-refractivity contribution in [1.29, 1.82) is 0 Å². The molecule has 1 unspecified atom stereocenters. The zero-order valence-corrected chi connectivity index (χ0v) is 7.98. The Labute approximate surface area is 70.0 Å². The third kappa shape index (κ3) is 1.62. The van der Waals surface area contributed by atoms with Crippen LogP contribution in [0.1, 0.15) is 0 Å². The van der Waals surface area contributed by atoms with Crippen LogP contribution in [0.4, 0.5) is 0 Å². The van der Waals surface area contributed by atoms with E-state index in [4.69, 9.17) is 10.9 Å². The Kier molecular flexibility index (Phi) is 2.34. The van der Waals surface area contributed by atoms with E-state index in [1.807, 2.05) is 0 Å². The molecule has 0 N–H and O–H groups in total. The second-order valence-corrected chi connectivity index (χ2v) is 6.64. The molecule has 0 amide bonds. The van der Waals surface area contributed by atoms with Gasteiger partial charge in [-0.3, -0.25) is 0 Å². The predicted octanol–water partition coefficient (Wildman–Crippen LogP) is 1.89.